The van der Waals surface area contributed by atoms with E-state index in [1.54, 1.807) is 14.2 Å². The number of likely N-dealkylation sites (N-methyl/N-ethyl adjacent to an activating group) is 1. The molecule has 0 saturated carbocycles. The van der Waals surface area contributed by atoms with Crippen LogP contribution in [0.25, 0.3) is 0 Å². The topological polar surface area (TPSA) is 43.4 Å². The Morgan fingerprint density at radius 2 is 2.07 bits per heavy atom. The van der Waals surface area contributed by atoms with Gasteiger partial charge in [-0.3, -0.25) is 0 Å². The molecule has 0 aliphatic carbocycles. The van der Waals surface area contributed by atoms with Gasteiger partial charge in [0.05, 0.1) is 14.2 Å². The van der Waals surface area contributed by atoms with Gasteiger partial charge in [-0.1, -0.05) is 0 Å². The van der Waals surface area contributed by atoms with Gasteiger partial charge in [-0.2, -0.15) is 0 Å². The number of aromatic nitrogens is 1. The summed E-state index contributed by atoms with van der Waals surface area (Å²) in [4.78, 5) is 4.31. The third-order valence-electron chi connectivity index (χ3n) is 1.93. The molecule has 1 N–H and O–H groups in total. The van der Waals surface area contributed by atoms with Crippen LogP contribution in [-0.4, -0.2) is 32.8 Å². The monoisotopic (exact) mass is 196 g/mol. The van der Waals surface area contributed by atoms with Gasteiger partial charge in [-0.15, -0.1) is 0 Å². The van der Waals surface area contributed by atoms with Crippen LogP contribution in [0.5, 0.6) is 11.6 Å². The second-order valence-electron chi connectivity index (χ2n) is 2.87. The van der Waals surface area contributed by atoms with Gasteiger partial charge >= 0.3 is 0 Å². The summed E-state index contributed by atoms with van der Waals surface area (Å²) < 4.78 is 10.2. The molecule has 1 aromatic heterocycles. The van der Waals surface area contributed by atoms with Crippen LogP contribution in [0.2, 0.25) is 0 Å². The lowest BCUT2D eigenvalue weighted by Crippen LogP contribution is -2.11. The first-order chi connectivity index (χ1) is 6.81. The Labute approximate surface area is 84.3 Å². The van der Waals surface area contributed by atoms with Gasteiger partial charge in [0, 0.05) is 18.7 Å². The standard InChI is InChI=1S/C10H16N2O2/c1-11-7-6-8-4-5-9(13-2)10(12-8)14-3/h4-5,11H,6-7H2,1-3H3. The molecule has 4 nitrogen and oxygen atoms in total. The van der Waals surface area contributed by atoms with Gasteiger partial charge in [0.25, 0.3) is 5.88 Å². The number of hydrogen-bond acceptors (Lipinski definition) is 4. The van der Waals surface area contributed by atoms with Crippen molar-refractivity contribution in [3.05, 3.63) is 17.8 Å². The molecular formula is C10H16N2O2. The quantitative estimate of drug-likeness (QED) is 0.758. The zero-order valence-corrected chi connectivity index (χ0v) is 8.83. The minimum Gasteiger partial charge on any atom is -0.491 e. The fourth-order valence-corrected chi connectivity index (χ4v) is 1.16. The van der Waals surface area contributed by atoms with Crippen LogP contribution < -0.4 is 14.8 Å². The Morgan fingerprint density at radius 1 is 1.29 bits per heavy atom. The molecule has 1 heterocycles. The molecule has 78 valence electrons. The van der Waals surface area contributed by atoms with Gasteiger partial charge < -0.3 is 14.8 Å². The summed E-state index contributed by atoms with van der Waals surface area (Å²) in [5.41, 5.74) is 0.997. The van der Waals surface area contributed by atoms with Crippen molar-refractivity contribution < 1.29 is 9.47 Å². The number of ether oxygens (including phenoxy) is 2. The van der Waals surface area contributed by atoms with E-state index in [2.05, 4.69) is 10.3 Å². The van der Waals surface area contributed by atoms with E-state index in [4.69, 9.17) is 9.47 Å². The maximum absolute atomic E-state index is 5.10. The lowest BCUT2D eigenvalue weighted by molar-refractivity contribution is 0.342. The third kappa shape index (κ3) is 2.60. The van der Waals surface area contributed by atoms with Crippen molar-refractivity contribution in [2.75, 3.05) is 27.8 Å². The van der Waals surface area contributed by atoms with Crippen LogP contribution in [0.15, 0.2) is 12.1 Å². The second-order valence-corrected chi connectivity index (χ2v) is 2.87. The third-order valence-corrected chi connectivity index (χ3v) is 1.93. The largest absolute Gasteiger partial charge is 0.491 e. The van der Waals surface area contributed by atoms with Gasteiger partial charge in [0.15, 0.2) is 5.75 Å². The van der Waals surface area contributed by atoms with E-state index in [-0.39, 0.29) is 0 Å². The fraction of sp³-hybridized carbons (Fsp3) is 0.500. The minimum atomic E-state index is 0.543. The van der Waals surface area contributed by atoms with Crippen molar-refractivity contribution in [2.45, 2.75) is 6.42 Å². The number of hydrogen-bond donors (Lipinski definition) is 1. The summed E-state index contributed by atoms with van der Waals surface area (Å²) in [6, 6.07) is 3.82. The molecule has 0 atom stereocenters. The van der Waals surface area contributed by atoms with E-state index in [1.165, 1.54) is 0 Å². The van der Waals surface area contributed by atoms with Crippen molar-refractivity contribution in [3.8, 4) is 11.6 Å². The Kier molecular flexibility index (Phi) is 4.19. The Hall–Kier alpha value is -1.29. The van der Waals surface area contributed by atoms with Crippen molar-refractivity contribution in [3.63, 3.8) is 0 Å². The lowest BCUT2D eigenvalue weighted by Gasteiger charge is -2.07. The van der Waals surface area contributed by atoms with Crippen LogP contribution in [0.4, 0.5) is 0 Å². The predicted octanol–water partition coefficient (Wildman–Crippen LogP) is 0.861. The molecule has 0 aliphatic heterocycles. The van der Waals surface area contributed by atoms with E-state index >= 15 is 0 Å². The van der Waals surface area contributed by atoms with Crippen molar-refractivity contribution in [2.24, 2.45) is 0 Å². The van der Waals surface area contributed by atoms with E-state index in [0.717, 1.165) is 18.7 Å². The van der Waals surface area contributed by atoms with E-state index in [9.17, 15) is 0 Å². The lowest BCUT2D eigenvalue weighted by atomic mass is 10.2. The summed E-state index contributed by atoms with van der Waals surface area (Å²) in [6.45, 7) is 0.905. The molecule has 14 heavy (non-hydrogen) atoms. The Bertz CT molecular complexity index is 289. The molecule has 0 bridgehead atoms. The van der Waals surface area contributed by atoms with E-state index in [1.807, 2.05) is 19.2 Å². The normalized spacial score (nSPS) is 9.93. The Morgan fingerprint density at radius 3 is 2.64 bits per heavy atom. The highest BCUT2D eigenvalue weighted by Gasteiger charge is 2.05. The molecular weight excluding hydrogens is 180 g/mol. The molecule has 0 aliphatic rings. The number of rotatable bonds is 5. The number of methoxy groups -OCH3 is 2. The number of nitrogens with zero attached hydrogens (tertiary/aromatic N) is 1. The molecule has 0 fully saturated rings. The molecule has 1 aromatic rings. The van der Waals surface area contributed by atoms with Crippen molar-refractivity contribution >= 4 is 0 Å². The molecule has 4 heteroatoms. The molecule has 0 unspecified atom stereocenters. The number of pyridine rings is 1. The summed E-state index contributed by atoms with van der Waals surface area (Å²) in [7, 11) is 5.11. The van der Waals surface area contributed by atoms with Crippen LogP contribution in [0.3, 0.4) is 0 Å². The van der Waals surface area contributed by atoms with Crippen LogP contribution >= 0.6 is 0 Å². The van der Waals surface area contributed by atoms with Gasteiger partial charge in [0.1, 0.15) is 0 Å². The molecule has 1 rings (SSSR count). The highest BCUT2D eigenvalue weighted by Crippen LogP contribution is 2.23. The van der Waals surface area contributed by atoms with E-state index < -0.39 is 0 Å². The maximum Gasteiger partial charge on any atom is 0.256 e. The minimum absolute atomic E-state index is 0.543. The first-order valence-corrected chi connectivity index (χ1v) is 4.54. The SMILES string of the molecule is CNCCc1ccc(OC)c(OC)n1. The zero-order valence-electron chi connectivity index (χ0n) is 8.83. The Balaban J connectivity index is 2.79. The summed E-state index contributed by atoms with van der Waals surface area (Å²) >= 11 is 0. The molecule has 0 amide bonds. The number of nitrogens with one attached hydrogen (secondary N) is 1. The van der Waals surface area contributed by atoms with Crippen molar-refractivity contribution in [1.82, 2.24) is 10.3 Å². The van der Waals surface area contributed by atoms with Gasteiger partial charge in [-0.05, 0) is 19.2 Å². The highest BCUT2D eigenvalue weighted by molar-refractivity contribution is 5.34. The van der Waals surface area contributed by atoms with Crippen LogP contribution in [-0.2, 0) is 6.42 Å². The summed E-state index contributed by atoms with van der Waals surface area (Å²) in [5.74, 6) is 1.21. The molecule has 0 saturated heterocycles. The zero-order chi connectivity index (χ0) is 10.4. The molecule has 0 aromatic carbocycles. The average Bonchev–Trinajstić information content (AvgIpc) is 2.25. The maximum atomic E-state index is 5.10. The summed E-state index contributed by atoms with van der Waals surface area (Å²) in [6.07, 6.45) is 0.886. The van der Waals surface area contributed by atoms with E-state index in [0.29, 0.717) is 11.6 Å². The predicted molar refractivity (Wildman–Crippen MR) is 55.0 cm³/mol. The molecule has 0 spiro atoms. The van der Waals surface area contributed by atoms with Gasteiger partial charge in [0.2, 0.25) is 0 Å². The summed E-state index contributed by atoms with van der Waals surface area (Å²) in [5, 5.41) is 3.07. The average molecular weight is 196 g/mol. The van der Waals surface area contributed by atoms with Crippen LogP contribution in [0, 0.1) is 0 Å². The van der Waals surface area contributed by atoms with Crippen LogP contribution in [0.1, 0.15) is 5.69 Å². The highest BCUT2D eigenvalue weighted by atomic mass is 16.5. The molecule has 0 radical (unpaired) electrons. The first kappa shape index (κ1) is 10.8. The van der Waals surface area contributed by atoms with Crippen molar-refractivity contribution in [1.29, 1.82) is 0 Å². The first-order valence-electron chi connectivity index (χ1n) is 4.54. The van der Waals surface area contributed by atoms with Gasteiger partial charge in [-0.25, -0.2) is 4.98 Å². The second kappa shape index (κ2) is 5.44. The fourth-order valence-electron chi connectivity index (χ4n) is 1.16. The smallest absolute Gasteiger partial charge is 0.256 e.